The molecular weight excluding hydrogens is 362 g/mol. The minimum Gasteiger partial charge on any atom is -0.482 e. The summed E-state index contributed by atoms with van der Waals surface area (Å²) in [4.78, 5) is 26.4. The monoisotopic (exact) mass is 385 g/mol. The highest BCUT2D eigenvalue weighted by molar-refractivity contribution is 5.99. The van der Waals surface area contributed by atoms with E-state index < -0.39 is 0 Å². The molecule has 0 radical (unpaired) electrons. The molecule has 0 aliphatic carbocycles. The summed E-state index contributed by atoms with van der Waals surface area (Å²) in [6.45, 7) is 5.18. The number of hydrogen-bond donors (Lipinski definition) is 2. The highest BCUT2D eigenvalue weighted by Crippen LogP contribution is 2.28. The number of nitrogens with zero attached hydrogens (tertiary/aromatic N) is 1. The number of nitrogens with one attached hydrogen (secondary N) is 2. The smallest absolute Gasteiger partial charge is 0.262 e. The van der Waals surface area contributed by atoms with Crippen LogP contribution in [0.15, 0.2) is 34.7 Å². The first kappa shape index (κ1) is 18.5. The quantitative estimate of drug-likeness (QED) is 0.814. The molecule has 3 heterocycles. The zero-order valence-electron chi connectivity index (χ0n) is 15.7. The summed E-state index contributed by atoms with van der Waals surface area (Å²) >= 11 is 0. The fourth-order valence-corrected chi connectivity index (χ4v) is 3.45. The average molecular weight is 385 g/mol. The van der Waals surface area contributed by atoms with Crippen molar-refractivity contribution < 1.29 is 23.5 Å². The zero-order chi connectivity index (χ0) is 19.5. The van der Waals surface area contributed by atoms with Crippen molar-refractivity contribution in [2.45, 2.75) is 13.0 Å². The summed E-state index contributed by atoms with van der Waals surface area (Å²) in [6, 6.07) is 8.82. The van der Waals surface area contributed by atoms with Crippen molar-refractivity contribution >= 4 is 17.5 Å². The normalized spacial score (nSPS) is 18.0. The fraction of sp³-hybridized carbons (Fsp3) is 0.400. The number of carbonyl (C=O) groups is 2. The lowest BCUT2D eigenvalue weighted by molar-refractivity contribution is -0.118. The van der Waals surface area contributed by atoms with Gasteiger partial charge in [-0.2, -0.15) is 0 Å². The van der Waals surface area contributed by atoms with Crippen molar-refractivity contribution in [2.75, 3.05) is 44.8 Å². The van der Waals surface area contributed by atoms with Crippen LogP contribution >= 0.6 is 0 Å². The SMILES string of the molecule is Cc1ccc(C(CNC(=O)c2ccc3c(c2)NC(=O)CO3)N2CCOCC2)o1. The second kappa shape index (κ2) is 8.04. The first-order chi connectivity index (χ1) is 13.6. The van der Waals surface area contributed by atoms with Crippen LogP contribution in [0.25, 0.3) is 0 Å². The molecule has 1 aromatic heterocycles. The molecule has 2 aliphatic rings. The van der Waals surface area contributed by atoms with Gasteiger partial charge in [-0.1, -0.05) is 0 Å². The molecule has 2 amide bonds. The first-order valence-electron chi connectivity index (χ1n) is 9.33. The molecule has 1 atom stereocenters. The fourth-order valence-electron chi connectivity index (χ4n) is 3.45. The van der Waals surface area contributed by atoms with Crippen molar-refractivity contribution in [3.63, 3.8) is 0 Å². The van der Waals surface area contributed by atoms with Crippen LogP contribution in [-0.2, 0) is 9.53 Å². The number of aryl methyl sites for hydroxylation is 1. The minimum atomic E-state index is -0.231. The Balaban J connectivity index is 1.46. The number of furan rings is 1. The van der Waals surface area contributed by atoms with E-state index in [2.05, 4.69) is 15.5 Å². The number of ether oxygens (including phenoxy) is 2. The van der Waals surface area contributed by atoms with Gasteiger partial charge in [0.15, 0.2) is 6.61 Å². The number of anilines is 1. The van der Waals surface area contributed by atoms with Crippen LogP contribution in [0.3, 0.4) is 0 Å². The minimum absolute atomic E-state index is 0.0116. The van der Waals surface area contributed by atoms with Crippen LogP contribution in [0.1, 0.15) is 27.9 Å². The van der Waals surface area contributed by atoms with E-state index in [0.717, 1.165) is 24.6 Å². The molecule has 1 aromatic carbocycles. The predicted octanol–water partition coefficient (Wildman–Crippen LogP) is 1.72. The number of morpholine rings is 1. The average Bonchev–Trinajstić information content (AvgIpc) is 3.14. The Morgan fingerprint density at radius 2 is 2.07 bits per heavy atom. The number of amides is 2. The molecule has 4 rings (SSSR count). The van der Waals surface area contributed by atoms with E-state index >= 15 is 0 Å². The van der Waals surface area contributed by atoms with Crippen molar-refractivity contribution in [1.82, 2.24) is 10.2 Å². The molecule has 8 nitrogen and oxygen atoms in total. The Morgan fingerprint density at radius 3 is 2.82 bits per heavy atom. The van der Waals surface area contributed by atoms with Crippen molar-refractivity contribution in [1.29, 1.82) is 0 Å². The van der Waals surface area contributed by atoms with Gasteiger partial charge in [-0.05, 0) is 37.3 Å². The van der Waals surface area contributed by atoms with E-state index in [1.165, 1.54) is 0 Å². The van der Waals surface area contributed by atoms with Crippen molar-refractivity contribution in [2.24, 2.45) is 0 Å². The molecule has 148 valence electrons. The van der Waals surface area contributed by atoms with Gasteiger partial charge in [0.1, 0.15) is 17.3 Å². The number of rotatable bonds is 5. The van der Waals surface area contributed by atoms with Gasteiger partial charge in [0.05, 0.1) is 24.9 Å². The number of fused-ring (bicyclic) bond motifs is 1. The predicted molar refractivity (Wildman–Crippen MR) is 101 cm³/mol. The molecule has 1 saturated heterocycles. The first-order valence-corrected chi connectivity index (χ1v) is 9.33. The molecule has 0 spiro atoms. The van der Waals surface area contributed by atoms with Gasteiger partial charge in [0.2, 0.25) is 0 Å². The van der Waals surface area contributed by atoms with E-state index in [9.17, 15) is 9.59 Å². The van der Waals surface area contributed by atoms with Crippen LogP contribution < -0.4 is 15.4 Å². The third-order valence-corrected chi connectivity index (χ3v) is 4.91. The molecule has 8 heteroatoms. The summed E-state index contributed by atoms with van der Waals surface area (Å²) in [7, 11) is 0. The summed E-state index contributed by atoms with van der Waals surface area (Å²) in [6.07, 6.45) is 0. The summed E-state index contributed by atoms with van der Waals surface area (Å²) < 4.78 is 16.6. The Kier molecular flexibility index (Phi) is 5.31. The maximum atomic E-state index is 12.7. The Labute approximate surface area is 162 Å². The lowest BCUT2D eigenvalue weighted by Crippen LogP contribution is -2.43. The van der Waals surface area contributed by atoms with E-state index in [0.29, 0.717) is 36.8 Å². The van der Waals surface area contributed by atoms with Gasteiger partial charge >= 0.3 is 0 Å². The molecule has 0 saturated carbocycles. The van der Waals surface area contributed by atoms with Gasteiger partial charge < -0.3 is 24.5 Å². The van der Waals surface area contributed by atoms with Crippen LogP contribution in [-0.4, -0.2) is 56.2 Å². The number of benzene rings is 1. The summed E-state index contributed by atoms with van der Waals surface area (Å²) in [5.41, 5.74) is 0.969. The van der Waals surface area contributed by atoms with Gasteiger partial charge in [-0.3, -0.25) is 14.5 Å². The Bertz CT molecular complexity index is 872. The zero-order valence-corrected chi connectivity index (χ0v) is 15.7. The van der Waals surface area contributed by atoms with Crippen LogP contribution in [0, 0.1) is 6.92 Å². The molecule has 0 bridgehead atoms. The molecule has 1 unspecified atom stereocenters. The Hall–Kier alpha value is -2.84. The molecule has 28 heavy (non-hydrogen) atoms. The topological polar surface area (TPSA) is 93.0 Å². The highest BCUT2D eigenvalue weighted by atomic mass is 16.5. The van der Waals surface area contributed by atoms with Gasteiger partial charge in [0.25, 0.3) is 11.8 Å². The second-order valence-electron chi connectivity index (χ2n) is 6.87. The lowest BCUT2D eigenvalue weighted by atomic mass is 10.1. The van der Waals surface area contributed by atoms with Gasteiger partial charge in [0, 0.05) is 25.2 Å². The van der Waals surface area contributed by atoms with Crippen LogP contribution in [0.5, 0.6) is 5.75 Å². The molecule has 2 N–H and O–H groups in total. The lowest BCUT2D eigenvalue weighted by Gasteiger charge is -2.33. The molecule has 2 aliphatic heterocycles. The van der Waals surface area contributed by atoms with E-state index in [-0.39, 0.29) is 24.5 Å². The van der Waals surface area contributed by atoms with Crippen molar-refractivity contribution in [3.8, 4) is 5.75 Å². The van der Waals surface area contributed by atoms with Crippen molar-refractivity contribution in [3.05, 3.63) is 47.4 Å². The number of carbonyl (C=O) groups excluding carboxylic acids is 2. The van der Waals surface area contributed by atoms with E-state index in [1.54, 1.807) is 18.2 Å². The Morgan fingerprint density at radius 1 is 1.25 bits per heavy atom. The van der Waals surface area contributed by atoms with Gasteiger partial charge in [-0.25, -0.2) is 0 Å². The van der Waals surface area contributed by atoms with Crippen LogP contribution in [0.4, 0.5) is 5.69 Å². The maximum absolute atomic E-state index is 12.7. The molecule has 1 fully saturated rings. The van der Waals surface area contributed by atoms with E-state index in [1.807, 2.05) is 19.1 Å². The summed E-state index contributed by atoms with van der Waals surface area (Å²) in [5.74, 6) is 1.78. The maximum Gasteiger partial charge on any atom is 0.262 e. The van der Waals surface area contributed by atoms with E-state index in [4.69, 9.17) is 13.9 Å². The molecule has 2 aromatic rings. The standard InChI is InChI=1S/C20H23N3O5/c1-13-2-4-18(28-13)16(23-6-8-26-9-7-23)11-21-20(25)14-3-5-17-15(10-14)22-19(24)12-27-17/h2-5,10,16H,6-9,11-12H2,1H3,(H,21,25)(H,22,24). The van der Waals surface area contributed by atoms with Crippen LogP contribution in [0.2, 0.25) is 0 Å². The third kappa shape index (κ3) is 4.02. The largest absolute Gasteiger partial charge is 0.482 e. The van der Waals surface area contributed by atoms with Gasteiger partial charge in [-0.15, -0.1) is 0 Å². The third-order valence-electron chi connectivity index (χ3n) is 4.91. The second-order valence-corrected chi connectivity index (χ2v) is 6.87. The summed E-state index contributed by atoms with van der Waals surface area (Å²) in [5, 5.41) is 5.71. The number of hydrogen-bond acceptors (Lipinski definition) is 6. The molecular formula is C20H23N3O5. The highest BCUT2D eigenvalue weighted by Gasteiger charge is 2.26.